The summed E-state index contributed by atoms with van der Waals surface area (Å²) >= 11 is 0. The normalized spacial score (nSPS) is 28.8. The molecule has 1 aliphatic rings. The summed E-state index contributed by atoms with van der Waals surface area (Å²) in [5, 5.41) is 0. The van der Waals surface area contributed by atoms with Crippen LogP contribution in [0.25, 0.3) is 0 Å². The van der Waals surface area contributed by atoms with E-state index in [0.717, 1.165) is 19.7 Å². The van der Waals surface area contributed by atoms with Gasteiger partial charge in [0.1, 0.15) is 7.85 Å². The first-order chi connectivity index (χ1) is 5.00. The Morgan fingerprint density at radius 3 is 2.45 bits per heavy atom. The summed E-state index contributed by atoms with van der Waals surface area (Å²) in [6.07, 6.45) is 0. The molecule has 1 unspecified atom stereocenters. The van der Waals surface area contributed by atoms with Crippen molar-refractivity contribution < 1.29 is 4.74 Å². The molecule has 0 bridgehead atoms. The van der Waals surface area contributed by atoms with E-state index in [4.69, 9.17) is 4.74 Å². The van der Waals surface area contributed by atoms with Gasteiger partial charge in [-0.15, -0.1) is 0 Å². The van der Waals surface area contributed by atoms with Gasteiger partial charge in [0.15, 0.2) is 0 Å². The zero-order valence-electron chi connectivity index (χ0n) is 8.05. The van der Waals surface area contributed by atoms with Crippen LogP contribution in [0.2, 0.25) is 0 Å². The molecule has 0 amide bonds. The van der Waals surface area contributed by atoms with Crippen LogP contribution < -0.4 is 0 Å². The van der Waals surface area contributed by atoms with Crippen LogP contribution in [-0.4, -0.2) is 44.0 Å². The molecule has 2 nitrogen and oxygen atoms in total. The molecule has 1 atom stereocenters. The van der Waals surface area contributed by atoms with Crippen molar-refractivity contribution >= 4 is 7.85 Å². The number of hydrogen-bond acceptors (Lipinski definition) is 2. The predicted molar refractivity (Wildman–Crippen MR) is 49.6 cm³/mol. The van der Waals surface area contributed by atoms with Crippen molar-refractivity contribution in [1.29, 1.82) is 0 Å². The first kappa shape index (κ1) is 9.08. The molecular weight excluding hydrogens is 137 g/mol. The second-order valence-electron chi connectivity index (χ2n) is 4.30. The zero-order valence-corrected chi connectivity index (χ0v) is 8.05. The highest BCUT2D eigenvalue weighted by Crippen LogP contribution is 2.15. The lowest BCUT2D eigenvalue weighted by Crippen LogP contribution is -2.51. The standard InChI is InChI=1S/C8H18BNO/c1-8(2,3)10-4-5-11-7(9)6-10/h7H,4-6,9H2,1-3H3. The van der Waals surface area contributed by atoms with Crippen LogP contribution in [-0.2, 0) is 4.74 Å². The maximum absolute atomic E-state index is 5.46. The van der Waals surface area contributed by atoms with Gasteiger partial charge in [-0.1, -0.05) is 0 Å². The van der Waals surface area contributed by atoms with Crippen LogP contribution in [0.4, 0.5) is 0 Å². The van der Waals surface area contributed by atoms with Crippen LogP contribution in [0, 0.1) is 0 Å². The molecule has 0 aromatic carbocycles. The molecule has 11 heavy (non-hydrogen) atoms. The van der Waals surface area contributed by atoms with Gasteiger partial charge in [-0.3, -0.25) is 4.90 Å². The lowest BCUT2D eigenvalue weighted by atomic mass is 9.95. The Morgan fingerprint density at radius 1 is 1.45 bits per heavy atom. The van der Waals surface area contributed by atoms with Crippen molar-refractivity contribution in [2.24, 2.45) is 0 Å². The maximum atomic E-state index is 5.46. The maximum Gasteiger partial charge on any atom is 0.140 e. The van der Waals surface area contributed by atoms with Gasteiger partial charge >= 0.3 is 0 Å². The Balaban J connectivity index is 2.46. The fourth-order valence-corrected chi connectivity index (χ4v) is 1.43. The Bertz CT molecular complexity index is 133. The van der Waals surface area contributed by atoms with Gasteiger partial charge in [0.2, 0.25) is 0 Å². The van der Waals surface area contributed by atoms with Crippen molar-refractivity contribution in [3.05, 3.63) is 0 Å². The fourth-order valence-electron chi connectivity index (χ4n) is 1.43. The molecule has 1 rings (SSSR count). The predicted octanol–water partition coefficient (Wildman–Crippen LogP) is 0.0763. The van der Waals surface area contributed by atoms with Crippen molar-refractivity contribution in [2.75, 3.05) is 19.7 Å². The summed E-state index contributed by atoms with van der Waals surface area (Å²) in [6, 6.07) is 0.406. The Hall–Kier alpha value is -0.0151. The van der Waals surface area contributed by atoms with Crippen LogP contribution in [0.1, 0.15) is 20.8 Å². The van der Waals surface area contributed by atoms with E-state index in [9.17, 15) is 0 Å². The first-order valence-electron chi connectivity index (χ1n) is 4.37. The van der Waals surface area contributed by atoms with E-state index in [1.165, 1.54) is 0 Å². The molecule has 0 aromatic rings. The lowest BCUT2D eigenvalue weighted by molar-refractivity contribution is -0.0233. The summed E-state index contributed by atoms with van der Waals surface area (Å²) in [6.45, 7) is 9.80. The van der Waals surface area contributed by atoms with E-state index < -0.39 is 0 Å². The van der Waals surface area contributed by atoms with Gasteiger partial charge in [0, 0.05) is 24.6 Å². The van der Waals surface area contributed by atoms with Gasteiger partial charge in [-0.05, 0) is 20.8 Å². The number of nitrogens with zero attached hydrogens (tertiary/aromatic N) is 1. The first-order valence-corrected chi connectivity index (χ1v) is 4.37. The molecule has 3 heteroatoms. The molecule has 64 valence electrons. The van der Waals surface area contributed by atoms with Crippen molar-refractivity contribution in [1.82, 2.24) is 4.90 Å². The fraction of sp³-hybridized carbons (Fsp3) is 1.00. The van der Waals surface area contributed by atoms with Gasteiger partial charge in [-0.2, -0.15) is 0 Å². The average Bonchev–Trinajstić information content (AvgIpc) is 1.86. The highest BCUT2D eigenvalue weighted by molar-refractivity contribution is 6.11. The summed E-state index contributed by atoms with van der Waals surface area (Å²) in [4.78, 5) is 2.47. The van der Waals surface area contributed by atoms with Crippen LogP contribution in [0.15, 0.2) is 0 Å². The van der Waals surface area contributed by atoms with Crippen molar-refractivity contribution in [3.63, 3.8) is 0 Å². The number of ether oxygens (including phenoxy) is 1. The smallest absolute Gasteiger partial charge is 0.140 e. The van der Waals surface area contributed by atoms with Crippen LogP contribution >= 0.6 is 0 Å². The second kappa shape index (κ2) is 3.15. The Morgan fingerprint density at radius 2 is 2.09 bits per heavy atom. The number of rotatable bonds is 0. The molecule has 0 aliphatic carbocycles. The van der Waals surface area contributed by atoms with Crippen molar-refractivity contribution in [2.45, 2.75) is 32.3 Å². The quantitative estimate of drug-likeness (QED) is 0.459. The average molecular weight is 155 g/mol. The van der Waals surface area contributed by atoms with E-state index in [0.29, 0.717) is 11.5 Å². The van der Waals surface area contributed by atoms with Gasteiger partial charge in [0.25, 0.3) is 0 Å². The molecule has 0 spiro atoms. The molecular formula is C8H18BNO. The molecule has 0 N–H and O–H groups in total. The van der Waals surface area contributed by atoms with Gasteiger partial charge in [0.05, 0.1) is 6.61 Å². The zero-order chi connectivity index (χ0) is 8.48. The molecule has 1 fully saturated rings. The summed E-state index contributed by atoms with van der Waals surface area (Å²) < 4.78 is 5.46. The highest BCUT2D eigenvalue weighted by Gasteiger charge is 2.25. The molecule has 0 aromatic heterocycles. The Labute approximate surface area is 70.3 Å². The lowest BCUT2D eigenvalue weighted by Gasteiger charge is -2.40. The minimum absolute atomic E-state index is 0.304. The molecule has 1 heterocycles. The topological polar surface area (TPSA) is 12.5 Å². The molecule has 1 saturated heterocycles. The number of hydrogen-bond donors (Lipinski definition) is 0. The van der Waals surface area contributed by atoms with E-state index in [1.807, 2.05) is 0 Å². The molecule has 0 radical (unpaired) electrons. The third-order valence-electron chi connectivity index (χ3n) is 2.19. The molecule has 1 aliphatic heterocycles. The monoisotopic (exact) mass is 155 g/mol. The van der Waals surface area contributed by atoms with Gasteiger partial charge in [-0.25, -0.2) is 0 Å². The van der Waals surface area contributed by atoms with E-state index in [-0.39, 0.29) is 0 Å². The Kier molecular flexibility index (Phi) is 2.60. The third kappa shape index (κ3) is 2.49. The van der Waals surface area contributed by atoms with Crippen LogP contribution in [0.5, 0.6) is 0 Å². The molecule has 0 saturated carbocycles. The van der Waals surface area contributed by atoms with Crippen LogP contribution in [0.3, 0.4) is 0 Å². The van der Waals surface area contributed by atoms with E-state index in [2.05, 4.69) is 33.5 Å². The minimum Gasteiger partial charge on any atom is -0.385 e. The van der Waals surface area contributed by atoms with Crippen molar-refractivity contribution in [3.8, 4) is 0 Å². The largest absolute Gasteiger partial charge is 0.385 e. The number of morpholine rings is 1. The third-order valence-corrected chi connectivity index (χ3v) is 2.19. The summed E-state index contributed by atoms with van der Waals surface area (Å²) in [5.41, 5.74) is 0.304. The second-order valence-corrected chi connectivity index (χ2v) is 4.30. The SMILES string of the molecule is BC1CN(C(C)(C)C)CCO1. The van der Waals surface area contributed by atoms with E-state index in [1.54, 1.807) is 0 Å². The summed E-state index contributed by atoms with van der Waals surface area (Å²) in [5.74, 6) is 0. The minimum atomic E-state index is 0.304. The highest BCUT2D eigenvalue weighted by atomic mass is 16.5. The van der Waals surface area contributed by atoms with Gasteiger partial charge < -0.3 is 4.74 Å². The van der Waals surface area contributed by atoms with E-state index >= 15 is 0 Å². The summed E-state index contributed by atoms with van der Waals surface area (Å²) in [7, 11) is 2.14.